The normalized spacial score (nSPS) is 16.0. The fraction of sp³-hybridized carbons (Fsp3) is 0.350. The van der Waals surface area contributed by atoms with E-state index in [0.717, 1.165) is 26.2 Å². The van der Waals surface area contributed by atoms with Gasteiger partial charge in [-0.15, -0.1) is 0 Å². The Morgan fingerprint density at radius 1 is 0.381 bits per heavy atom. The van der Waals surface area contributed by atoms with Crippen LogP contribution in [0, 0.1) is 27.7 Å². The highest BCUT2D eigenvalue weighted by molar-refractivity contribution is 6.22. The molecule has 2 heteroatoms. The highest BCUT2D eigenvalue weighted by Gasteiger charge is 2.21. The van der Waals surface area contributed by atoms with Crippen LogP contribution in [0.2, 0.25) is 0 Å². The molecule has 0 atom stereocenters. The first kappa shape index (κ1) is 27.1. The number of piperidine rings is 2. The number of benzene rings is 5. The van der Waals surface area contributed by atoms with Crippen LogP contribution in [-0.4, -0.2) is 26.2 Å². The molecule has 5 aromatic rings. The smallest absolute Gasteiger partial charge is 0.0372 e. The van der Waals surface area contributed by atoms with Gasteiger partial charge in [-0.2, -0.15) is 0 Å². The molecule has 2 nitrogen and oxygen atoms in total. The van der Waals surface area contributed by atoms with Gasteiger partial charge in [0, 0.05) is 37.6 Å². The second-order valence-electron chi connectivity index (χ2n) is 13.1. The molecule has 0 bridgehead atoms. The first-order valence-corrected chi connectivity index (χ1v) is 16.2. The Labute approximate surface area is 252 Å². The third-order valence-corrected chi connectivity index (χ3v) is 9.55. The van der Waals surface area contributed by atoms with Gasteiger partial charge in [0.05, 0.1) is 0 Å². The minimum Gasteiger partial charge on any atom is -0.372 e. The van der Waals surface area contributed by atoms with E-state index in [0.29, 0.717) is 0 Å². The maximum Gasteiger partial charge on any atom is 0.0372 e. The summed E-state index contributed by atoms with van der Waals surface area (Å²) in [7, 11) is 0. The van der Waals surface area contributed by atoms with E-state index < -0.39 is 0 Å². The number of rotatable bonds is 4. The lowest BCUT2D eigenvalue weighted by Crippen LogP contribution is -2.29. The highest BCUT2D eigenvalue weighted by atomic mass is 15.1. The summed E-state index contributed by atoms with van der Waals surface area (Å²) in [4.78, 5) is 5.21. The van der Waals surface area contributed by atoms with Gasteiger partial charge in [0.2, 0.25) is 0 Å². The molecule has 5 aromatic carbocycles. The molecule has 0 aliphatic carbocycles. The molecule has 0 aromatic heterocycles. The van der Waals surface area contributed by atoms with Crippen LogP contribution in [0.1, 0.15) is 60.8 Å². The van der Waals surface area contributed by atoms with Gasteiger partial charge in [-0.05, 0) is 134 Å². The Hall–Kier alpha value is -3.78. The van der Waals surface area contributed by atoms with Crippen LogP contribution in [0.4, 0.5) is 11.4 Å². The van der Waals surface area contributed by atoms with Crippen molar-refractivity contribution in [2.75, 3.05) is 36.0 Å². The van der Waals surface area contributed by atoms with Gasteiger partial charge in [-0.1, -0.05) is 70.8 Å². The van der Waals surface area contributed by atoms with Gasteiger partial charge in [0.1, 0.15) is 0 Å². The van der Waals surface area contributed by atoms with Gasteiger partial charge in [-0.25, -0.2) is 0 Å². The Kier molecular flexibility index (Phi) is 7.18. The molecule has 2 saturated heterocycles. The third-order valence-electron chi connectivity index (χ3n) is 9.55. The minimum atomic E-state index is 1.15. The summed E-state index contributed by atoms with van der Waals surface area (Å²) >= 11 is 0. The lowest BCUT2D eigenvalue weighted by Gasteiger charge is -2.30. The molecule has 2 aliphatic heterocycles. The maximum absolute atomic E-state index is 2.61. The second kappa shape index (κ2) is 11.1. The van der Waals surface area contributed by atoms with Gasteiger partial charge in [-0.3, -0.25) is 0 Å². The molecule has 2 heterocycles. The first-order chi connectivity index (χ1) is 20.4. The van der Waals surface area contributed by atoms with Crippen molar-refractivity contribution in [3.63, 3.8) is 0 Å². The predicted molar refractivity (Wildman–Crippen MR) is 183 cm³/mol. The zero-order valence-corrected chi connectivity index (χ0v) is 25.9. The quantitative estimate of drug-likeness (QED) is 0.205. The largest absolute Gasteiger partial charge is 0.372 e. The molecule has 214 valence electrons. The Bertz CT molecular complexity index is 1610. The number of nitrogens with zero attached hydrogens (tertiary/aromatic N) is 2. The maximum atomic E-state index is 2.61. The topological polar surface area (TPSA) is 6.48 Å². The first-order valence-electron chi connectivity index (χ1n) is 16.2. The SMILES string of the molecule is Cc1cc(C)cc(-c2c3ccc(N4CCCCC4)cc3c(-c3cc(C)cc(C)c3)c3ccc(N4CCCCC4)cc23)c1. The van der Waals surface area contributed by atoms with Crippen molar-refractivity contribution in [2.24, 2.45) is 0 Å². The van der Waals surface area contributed by atoms with Crippen LogP contribution in [-0.2, 0) is 0 Å². The van der Waals surface area contributed by atoms with Crippen LogP contribution >= 0.6 is 0 Å². The molecule has 42 heavy (non-hydrogen) atoms. The van der Waals surface area contributed by atoms with E-state index in [1.165, 1.54) is 116 Å². The predicted octanol–water partition coefficient (Wildman–Crippen LogP) is 10.5. The molecule has 0 amide bonds. The summed E-state index contributed by atoms with van der Waals surface area (Å²) in [6.45, 7) is 13.6. The zero-order chi connectivity index (χ0) is 28.8. The average molecular weight is 553 g/mol. The van der Waals surface area contributed by atoms with E-state index in [4.69, 9.17) is 0 Å². The van der Waals surface area contributed by atoms with Crippen molar-refractivity contribution >= 4 is 32.9 Å². The van der Waals surface area contributed by atoms with Crippen molar-refractivity contribution in [2.45, 2.75) is 66.2 Å². The molecule has 7 rings (SSSR count). The minimum absolute atomic E-state index is 1.15. The summed E-state index contributed by atoms with van der Waals surface area (Å²) in [6.07, 6.45) is 7.83. The van der Waals surface area contributed by atoms with E-state index in [-0.39, 0.29) is 0 Å². The van der Waals surface area contributed by atoms with E-state index in [1.54, 1.807) is 0 Å². The average Bonchev–Trinajstić information content (AvgIpc) is 2.99. The van der Waals surface area contributed by atoms with Crippen LogP contribution in [0.15, 0.2) is 72.8 Å². The summed E-state index contributed by atoms with van der Waals surface area (Å²) < 4.78 is 0. The van der Waals surface area contributed by atoms with Crippen molar-refractivity contribution in [1.82, 2.24) is 0 Å². The third kappa shape index (κ3) is 5.06. The number of hydrogen-bond acceptors (Lipinski definition) is 2. The molecular weight excluding hydrogens is 508 g/mol. The number of fused-ring (bicyclic) bond motifs is 2. The van der Waals surface area contributed by atoms with Crippen molar-refractivity contribution in [1.29, 1.82) is 0 Å². The second-order valence-corrected chi connectivity index (χ2v) is 13.1. The van der Waals surface area contributed by atoms with Crippen molar-refractivity contribution in [3.05, 3.63) is 95.1 Å². The van der Waals surface area contributed by atoms with Gasteiger partial charge in [0.15, 0.2) is 0 Å². The van der Waals surface area contributed by atoms with Gasteiger partial charge < -0.3 is 9.80 Å². The van der Waals surface area contributed by atoms with Gasteiger partial charge >= 0.3 is 0 Å². The van der Waals surface area contributed by atoms with E-state index in [1.807, 2.05) is 0 Å². The lowest BCUT2D eigenvalue weighted by atomic mass is 9.84. The summed E-state index contributed by atoms with van der Waals surface area (Å²) in [5.41, 5.74) is 13.4. The van der Waals surface area contributed by atoms with Crippen molar-refractivity contribution in [3.8, 4) is 22.3 Å². The molecule has 0 N–H and O–H groups in total. The molecule has 0 unspecified atom stereocenters. The summed E-state index contributed by atoms with van der Waals surface area (Å²) in [6, 6.07) is 28.8. The van der Waals surface area contributed by atoms with Crippen LogP contribution in [0.5, 0.6) is 0 Å². The molecule has 0 saturated carbocycles. The zero-order valence-electron chi connectivity index (χ0n) is 25.9. The number of hydrogen-bond donors (Lipinski definition) is 0. The highest BCUT2D eigenvalue weighted by Crippen LogP contribution is 2.46. The van der Waals surface area contributed by atoms with Crippen LogP contribution in [0.3, 0.4) is 0 Å². The molecular formula is C40H44N2. The number of anilines is 2. The fourth-order valence-electron chi connectivity index (χ4n) is 7.76. The summed E-state index contributed by atoms with van der Waals surface area (Å²) in [5, 5.41) is 5.46. The molecule has 0 spiro atoms. The van der Waals surface area contributed by atoms with E-state index in [9.17, 15) is 0 Å². The van der Waals surface area contributed by atoms with Gasteiger partial charge in [0.25, 0.3) is 0 Å². The van der Waals surface area contributed by atoms with Crippen LogP contribution < -0.4 is 9.80 Å². The Balaban J connectivity index is 1.59. The Morgan fingerprint density at radius 3 is 1.10 bits per heavy atom. The molecule has 2 fully saturated rings. The lowest BCUT2D eigenvalue weighted by molar-refractivity contribution is 0.578. The monoisotopic (exact) mass is 552 g/mol. The van der Waals surface area contributed by atoms with Crippen molar-refractivity contribution < 1.29 is 0 Å². The standard InChI is InChI=1S/C40H44N2/c1-27-19-28(2)22-31(21-27)39-35-13-11-34(42-17-9-6-10-18-42)26-38(35)40(32-23-29(3)20-30(4)24-32)36-14-12-33(25-37(36)39)41-15-7-5-8-16-41/h11-14,19-26H,5-10,15-18H2,1-4H3. The number of aryl methyl sites for hydroxylation is 4. The summed E-state index contributed by atoms with van der Waals surface area (Å²) in [5.74, 6) is 0. The van der Waals surface area contributed by atoms with E-state index in [2.05, 4.69) is 110 Å². The molecule has 2 aliphatic rings. The fourth-order valence-corrected chi connectivity index (χ4v) is 7.76. The molecule has 0 radical (unpaired) electrons. The van der Waals surface area contributed by atoms with Crippen LogP contribution in [0.25, 0.3) is 43.8 Å². The van der Waals surface area contributed by atoms with E-state index >= 15 is 0 Å². The Morgan fingerprint density at radius 2 is 0.738 bits per heavy atom.